The summed E-state index contributed by atoms with van der Waals surface area (Å²) < 4.78 is 186. The third-order valence-corrected chi connectivity index (χ3v) is 3.38. The Labute approximate surface area is 140 Å². The van der Waals surface area contributed by atoms with Crippen LogP contribution in [0.2, 0.25) is 0 Å². The smallest absolute Gasteiger partial charge is 0.362 e. The number of alkyl halides is 14. The van der Waals surface area contributed by atoms with Gasteiger partial charge >= 0.3 is 42.5 Å². The predicted molar refractivity (Wildman–Crippen MR) is 56.2 cm³/mol. The van der Waals surface area contributed by atoms with Gasteiger partial charge in [-0.05, 0) is 0 Å². The minimum absolute atomic E-state index is 2.79. The second-order valence-electron chi connectivity index (χ2n) is 5.41. The highest BCUT2D eigenvalue weighted by atomic mass is 19.4. The number of hydrogen-bond acceptors (Lipinski definition) is 2. The van der Waals surface area contributed by atoms with Gasteiger partial charge in [0, 0.05) is 0 Å². The van der Waals surface area contributed by atoms with Gasteiger partial charge in [-0.1, -0.05) is 0 Å². The molecule has 0 aromatic carbocycles. The maximum Gasteiger partial charge on any atom is 0.377 e. The Morgan fingerprint density at radius 1 is 0.630 bits per heavy atom. The van der Waals surface area contributed by atoms with Crippen LogP contribution in [0.3, 0.4) is 0 Å². The van der Waals surface area contributed by atoms with Crippen LogP contribution in [-0.2, 0) is 9.47 Å². The molecule has 0 radical (unpaired) electrons. The predicted octanol–water partition coefficient (Wildman–Crippen LogP) is 4.48. The molecule has 0 bridgehead atoms. The van der Waals surface area contributed by atoms with E-state index in [2.05, 4.69) is 9.47 Å². The van der Waals surface area contributed by atoms with Gasteiger partial charge in [0.2, 0.25) is 0 Å². The Morgan fingerprint density at radius 2 is 0.889 bits per heavy atom. The fraction of sp³-hybridized carbons (Fsp3) is 1.00. The lowest BCUT2D eigenvalue weighted by atomic mass is 10.2. The molecule has 0 N–H and O–H groups in total. The zero-order valence-corrected chi connectivity index (χ0v) is 12.3. The molecule has 2 unspecified atom stereocenters. The highest BCUT2D eigenvalue weighted by Gasteiger charge is 2.86. The average molecular weight is 438 g/mol. The maximum atomic E-state index is 13.5. The summed E-state index contributed by atoms with van der Waals surface area (Å²) in [4.78, 5) is 0. The molecule has 1 fully saturated rings. The normalized spacial score (nSPS) is 27.6. The molecule has 0 aliphatic heterocycles. The Hall–Kier alpha value is -1.06. The largest absolute Gasteiger partial charge is 0.377 e. The Kier molecular flexibility index (Phi) is 6.29. The molecule has 16 heteroatoms. The maximum absolute atomic E-state index is 13.5. The van der Waals surface area contributed by atoms with E-state index < -0.39 is 67.9 Å². The molecule has 2 nitrogen and oxygen atoms in total. The van der Waals surface area contributed by atoms with E-state index in [-0.39, 0.29) is 0 Å². The van der Waals surface area contributed by atoms with E-state index >= 15 is 0 Å². The summed E-state index contributed by atoms with van der Waals surface area (Å²) in [5.74, 6) is -29.1. The van der Waals surface area contributed by atoms with Gasteiger partial charge < -0.3 is 9.47 Å². The van der Waals surface area contributed by atoms with Gasteiger partial charge in [-0.15, -0.1) is 0 Å². The molecule has 1 saturated carbocycles. The van der Waals surface area contributed by atoms with Crippen molar-refractivity contribution in [2.75, 3.05) is 13.2 Å². The van der Waals surface area contributed by atoms with Gasteiger partial charge in [0.25, 0.3) is 0 Å². The minimum Gasteiger partial charge on any atom is -0.362 e. The molecular weight excluding hydrogens is 430 g/mol. The van der Waals surface area contributed by atoms with Crippen LogP contribution in [0.15, 0.2) is 0 Å². The first-order valence-electron chi connectivity index (χ1n) is 6.51. The first-order chi connectivity index (χ1) is 11.8. The zero-order chi connectivity index (χ0) is 21.6. The summed E-state index contributed by atoms with van der Waals surface area (Å²) in [7, 11) is 0. The van der Waals surface area contributed by atoms with Gasteiger partial charge in [0.1, 0.15) is 13.2 Å². The molecule has 1 aliphatic rings. The second-order valence-corrected chi connectivity index (χ2v) is 5.41. The lowest BCUT2D eigenvalue weighted by Gasteiger charge is -2.27. The van der Waals surface area contributed by atoms with Gasteiger partial charge in [0.05, 0.1) is 0 Å². The zero-order valence-electron chi connectivity index (χ0n) is 12.3. The van der Waals surface area contributed by atoms with E-state index in [4.69, 9.17) is 0 Å². The summed E-state index contributed by atoms with van der Waals surface area (Å²) in [6, 6.07) is 0. The lowest BCUT2D eigenvalue weighted by Crippen LogP contribution is -2.50. The van der Waals surface area contributed by atoms with Crippen LogP contribution >= 0.6 is 0 Å². The van der Waals surface area contributed by atoms with Crippen molar-refractivity contribution in [3.8, 4) is 0 Å². The quantitative estimate of drug-likeness (QED) is 0.521. The third kappa shape index (κ3) is 4.05. The highest BCUT2D eigenvalue weighted by molar-refractivity contribution is 5.16. The molecule has 0 saturated heterocycles. The van der Waals surface area contributed by atoms with Crippen molar-refractivity contribution >= 4 is 0 Å². The summed E-state index contributed by atoms with van der Waals surface area (Å²) in [6.07, 6.45) is -17.4. The summed E-state index contributed by atoms with van der Waals surface area (Å²) in [6.45, 7) is -5.58. The van der Waals surface area contributed by atoms with Crippen LogP contribution in [0.4, 0.5) is 61.5 Å². The average Bonchev–Trinajstić information content (AvgIpc) is 2.57. The number of halogens is 14. The topological polar surface area (TPSA) is 18.5 Å². The standard InChI is InChI=1S/C11H8F14O2/c12-5(13)7(16,17)1-26-3-4(27-2-8(18,19)6(14)15)10(22,23)11(24,25)9(3,20)21/h3-6H,1-2H2. The highest BCUT2D eigenvalue weighted by Crippen LogP contribution is 2.58. The SMILES string of the molecule is FC(F)C(F)(F)COC1C(OCC(F)(F)C(F)F)C(F)(F)C(F)(F)C1(F)F. The first kappa shape index (κ1) is 24.0. The summed E-state index contributed by atoms with van der Waals surface area (Å²) in [5, 5.41) is 0. The molecule has 1 aliphatic carbocycles. The van der Waals surface area contributed by atoms with Gasteiger partial charge in [-0.3, -0.25) is 0 Å². The van der Waals surface area contributed by atoms with E-state index in [1.54, 1.807) is 0 Å². The van der Waals surface area contributed by atoms with Crippen molar-refractivity contribution in [2.45, 2.75) is 54.7 Å². The molecule has 2 atom stereocenters. The van der Waals surface area contributed by atoms with Crippen molar-refractivity contribution in [3.63, 3.8) is 0 Å². The van der Waals surface area contributed by atoms with Crippen molar-refractivity contribution < 1.29 is 70.9 Å². The number of hydrogen-bond donors (Lipinski definition) is 0. The molecule has 1 rings (SSSR count). The molecule has 0 aromatic heterocycles. The van der Waals surface area contributed by atoms with Crippen molar-refractivity contribution in [3.05, 3.63) is 0 Å². The molecule has 0 aromatic rings. The Morgan fingerprint density at radius 3 is 1.11 bits per heavy atom. The van der Waals surface area contributed by atoms with E-state index in [1.807, 2.05) is 0 Å². The third-order valence-electron chi connectivity index (χ3n) is 3.38. The van der Waals surface area contributed by atoms with E-state index in [9.17, 15) is 61.5 Å². The number of rotatable bonds is 8. The summed E-state index contributed by atoms with van der Waals surface area (Å²) >= 11 is 0. The Bertz CT molecular complexity index is 475. The van der Waals surface area contributed by atoms with Crippen LogP contribution in [0.5, 0.6) is 0 Å². The molecule has 162 valence electrons. The van der Waals surface area contributed by atoms with Crippen molar-refractivity contribution in [1.29, 1.82) is 0 Å². The summed E-state index contributed by atoms with van der Waals surface area (Å²) in [5.41, 5.74) is 0. The van der Waals surface area contributed by atoms with Gasteiger partial charge in [0.15, 0.2) is 12.2 Å². The van der Waals surface area contributed by atoms with Crippen LogP contribution < -0.4 is 0 Å². The van der Waals surface area contributed by atoms with Gasteiger partial charge in [-0.25, -0.2) is 17.6 Å². The van der Waals surface area contributed by atoms with Crippen LogP contribution in [0.25, 0.3) is 0 Å². The van der Waals surface area contributed by atoms with E-state index in [1.165, 1.54) is 0 Å². The fourth-order valence-electron chi connectivity index (χ4n) is 1.87. The fourth-order valence-corrected chi connectivity index (χ4v) is 1.87. The molecule has 0 amide bonds. The Balaban J connectivity index is 3.17. The lowest BCUT2D eigenvalue weighted by molar-refractivity contribution is -0.292. The van der Waals surface area contributed by atoms with Gasteiger partial charge in [-0.2, -0.15) is 43.9 Å². The van der Waals surface area contributed by atoms with Crippen molar-refractivity contribution in [1.82, 2.24) is 0 Å². The van der Waals surface area contributed by atoms with E-state index in [0.29, 0.717) is 0 Å². The molecule has 0 spiro atoms. The van der Waals surface area contributed by atoms with Crippen LogP contribution in [0.1, 0.15) is 0 Å². The van der Waals surface area contributed by atoms with Crippen LogP contribution in [0, 0.1) is 0 Å². The first-order valence-corrected chi connectivity index (χ1v) is 6.51. The number of ether oxygens (including phenoxy) is 2. The monoisotopic (exact) mass is 438 g/mol. The molecule has 0 heterocycles. The second kappa shape index (κ2) is 7.08. The van der Waals surface area contributed by atoms with Crippen LogP contribution in [-0.4, -0.2) is 67.9 Å². The molecule has 27 heavy (non-hydrogen) atoms. The van der Waals surface area contributed by atoms with E-state index in [0.717, 1.165) is 0 Å². The van der Waals surface area contributed by atoms with Crippen molar-refractivity contribution in [2.24, 2.45) is 0 Å². The molecular formula is C11H8F14O2. The minimum atomic E-state index is -6.42.